The van der Waals surface area contributed by atoms with Gasteiger partial charge in [0.25, 0.3) is 0 Å². The molecule has 0 aromatic carbocycles. The van der Waals surface area contributed by atoms with E-state index >= 15 is 0 Å². The SMILES string of the molecule is CC1(C)CC1CN1C(=O)C2(CCCC2)NC1C1CCCC1. The minimum atomic E-state index is -0.174. The van der Waals surface area contributed by atoms with Crippen molar-refractivity contribution in [3.05, 3.63) is 0 Å². The Morgan fingerprint density at radius 2 is 1.76 bits per heavy atom. The number of carbonyl (C=O) groups excluding carboxylic acids is 1. The predicted octanol–water partition coefficient (Wildman–Crippen LogP) is 3.29. The number of carbonyl (C=O) groups is 1. The highest BCUT2D eigenvalue weighted by Gasteiger charge is 2.56. The first kappa shape index (κ1) is 14.0. The van der Waals surface area contributed by atoms with Gasteiger partial charge in [0.15, 0.2) is 0 Å². The third-order valence-electron chi connectivity index (χ3n) is 6.87. The molecule has 1 heterocycles. The quantitative estimate of drug-likeness (QED) is 0.865. The lowest BCUT2D eigenvalue weighted by Gasteiger charge is -2.29. The van der Waals surface area contributed by atoms with Crippen molar-refractivity contribution in [1.82, 2.24) is 10.2 Å². The average molecular weight is 290 g/mol. The molecule has 4 rings (SSSR count). The van der Waals surface area contributed by atoms with Crippen LogP contribution in [0.2, 0.25) is 0 Å². The Morgan fingerprint density at radius 3 is 2.33 bits per heavy atom. The second kappa shape index (κ2) is 4.71. The molecule has 0 aromatic heterocycles. The Labute approximate surface area is 128 Å². The van der Waals surface area contributed by atoms with Crippen LogP contribution in [-0.2, 0) is 4.79 Å². The van der Waals surface area contributed by atoms with Gasteiger partial charge in [-0.1, -0.05) is 39.5 Å². The van der Waals surface area contributed by atoms with Crippen LogP contribution in [0.15, 0.2) is 0 Å². The van der Waals surface area contributed by atoms with E-state index in [-0.39, 0.29) is 5.54 Å². The number of hydrogen-bond donors (Lipinski definition) is 1. The summed E-state index contributed by atoms with van der Waals surface area (Å²) in [5.41, 5.74) is 0.290. The Hall–Kier alpha value is -0.570. The molecule has 0 aromatic rings. The lowest BCUT2D eigenvalue weighted by atomic mass is 9.97. The van der Waals surface area contributed by atoms with Gasteiger partial charge in [0.05, 0.1) is 11.7 Å². The molecule has 3 saturated carbocycles. The van der Waals surface area contributed by atoms with Gasteiger partial charge < -0.3 is 4.90 Å². The molecule has 3 nitrogen and oxygen atoms in total. The van der Waals surface area contributed by atoms with Crippen LogP contribution in [0.1, 0.15) is 71.6 Å². The normalized spacial score (nSPS) is 37.8. The molecule has 21 heavy (non-hydrogen) atoms. The van der Waals surface area contributed by atoms with E-state index in [2.05, 4.69) is 24.1 Å². The molecule has 4 fully saturated rings. The molecule has 1 aliphatic heterocycles. The molecule has 2 atom stereocenters. The highest BCUT2D eigenvalue weighted by molar-refractivity contribution is 5.89. The third kappa shape index (κ3) is 2.23. The van der Waals surface area contributed by atoms with Gasteiger partial charge in [-0.2, -0.15) is 0 Å². The van der Waals surface area contributed by atoms with Crippen molar-refractivity contribution >= 4 is 5.91 Å². The second-order valence-corrected chi connectivity index (χ2v) is 8.77. The van der Waals surface area contributed by atoms with Gasteiger partial charge in [-0.3, -0.25) is 10.1 Å². The number of amides is 1. The molecule has 2 unspecified atom stereocenters. The Balaban J connectivity index is 1.55. The monoisotopic (exact) mass is 290 g/mol. The van der Waals surface area contributed by atoms with E-state index in [1.54, 1.807) is 0 Å². The summed E-state index contributed by atoms with van der Waals surface area (Å²) in [5.74, 6) is 1.87. The average Bonchev–Trinajstić information content (AvgIpc) is 2.96. The number of rotatable bonds is 3. The molecule has 4 aliphatic rings. The first-order valence-corrected chi connectivity index (χ1v) is 9.11. The zero-order valence-corrected chi connectivity index (χ0v) is 13.7. The zero-order valence-electron chi connectivity index (χ0n) is 13.7. The molecule has 1 spiro atoms. The molecular weight excluding hydrogens is 260 g/mol. The van der Waals surface area contributed by atoms with E-state index < -0.39 is 0 Å². The van der Waals surface area contributed by atoms with Crippen molar-refractivity contribution in [3.63, 3.8) is 0 Å². The van der Waals surface area contributed by atoms with Crippen molar-refractivity contribution in [2.75, 3.05) is 6.54 Å². The summed E-state index contributed by atoms with van der Waals surface area (Å²) in [6.07, 6.45) is 11.5. The smallest absolute Gasteiger partial charge is 0.244 e. The van der Waals surface area contributed by atoms with Crippen molar-refractivity contribution in [2.45, 2.75) is 83.3 Å². The standard InChI is InChI=1S/C18H30N2O/c1-17(2)11-14(17)12-20-15(13-7-3-4-8-13)19-18(16(20)21)9-5-6-10-18/h13-15,19H,3-12H2,1-2H3. The summed E-state index contributed by atoms with van der Waals surface area (Å²) in [7, 11) is 0. The molecular formula is C18H30N2O. The maximum Gasteiger partial charge on any atom is 0.244 e. The molecule has 0 radical (unpaired) electrons. The molecule has 1 saturated heterocycles. The van der Waals surface area contributed by atoms with Gasteiger partial charge in [0, 0.05) is 6.54 Å². The van der Waals surface area contributed by atoms with Crippen LogP contribution in [0.4, 0.5) is 0 Å². The fourth-order valence-electron chi connectivity index (χ4n) is 5.13. The summed E-state index contributed by atoms with van der Waals surface area (Å²) in [4.78, 5) is 15.4. The zero-order chi connectivity index (χ0) is 14.7. The maximum absolute atomic E-state index is 13.1. The van der Waals surface area contributed by atoms with Crippen molar-refractivity contribution in [1.29, 1.82) is 0 Å². The van der Waals surface area contributed by atoms with Crippen LogP contribution in [0, 0.1) is 17.3 Å². The summed E-state index contributed by atoms with van der Waals surface area (Å²) >= 11 is 0. The minimum Gasteiger partial charge on any atom is -0.325 e. The van der Waals surface area contributed by atoms with Crippen LogP contribution in [0.25, 0.3) is 0 Å². The van der Waals surface area contributed by atoms with Gasteiger partial charge in [0.1, 0.15) is 0 Å². The Morgan fingerprint density at radius 1 is 1.14 bits per heavy atom. The lowest BCUT2D eigenvalue weighted by Crippen LogP contribution is -2.46. The minimum absolute atomic E-state index is 0.174. The van der Waals surface area contributed by atoms with Gasteiger partial charge in [0.2, 0.25) is 5.91 Å². The largest absolute Gasteiger partial charge is 0.325 e. The number of nitrogens with zero attached hydrogens (tertiary/aromatic N) is 1. The predicted molar refractivity (Wildman–Crippen MR) is 83.7 cm³/mol. The van der Waals surface area contributed by atoms with E-state index in [9.17, 15) is 4.79 Å². The summed E-state index contributed by atoms with van der Waals surface area (Å²) < 4.78 is 0. The van der Waals surface area contributed by atoms with E-state index in [1.807, 2.05) is 0 Å². The van der Waals surface area contributed by atoms with E-state index in [1.165, 1.54) is 44.9 Å². The van der Waals surface area contributed by atoms with E-state index in [0.29, 0.717) is 23.4 Å². The van der Waals surface area contributed by atoms with Gasteiger partial charge in [-0.15, -0.1) is 0 Å². The highest BCUT2D eigenvalue weighted by Crippen LogP contribution is 2.53. The van der Waals surface area contributed by atoms with Crippen LogP contribution in [0.5, 0.6) is 0 Å². The highest BCUT2D eigenvalue weighted by atomic mass is 16.2. The van der Waals surface area contributed by atoms with Crippen LogP contribution in [0.3, 0.4) is 0 Å². The number of nitrogens with one attached hydrogen (secondary N) is 1. The summed E-state index contributed by atoms with van der Waals surface area (Å²) in [6.45, 7) is 5.70. The third-order valence-corrected chi connectivity index (χ3v) is 6.87. The number of hydrogen-bond acceptors (Lipinski definition) is 2. The fraction of sp³-hybridized carbons (Fsp3) is 0.944. The summed E-state index contributed by atoms with van der Waals surface area (Å²) in [6, 6.07) is 0. The fourth-order valence-corrected chi connectivity index (χ4v) is 5.13. The second-order valence-electron chi connectivity index (χ2n) is 8.77. The molecule has 0 bridgehead atoms. The van der Waals surface area contributed by atoms with Crippen molar-refractivity contribution in [3.8, 4) is 0 Å². The van der Waals surface area contributed by atoms with Crippen LogP contribution >= 0.6 is 0 Å². The Kier molecular flexibility index (Phi) is 3.15. The van der Waals surface area contributed by atoms with Gasteiger partial charge >= 0.3 is 0 Å². The molecule has 3 aliphatic carbocycles. The lowest BCUT2D eigenvalue weighted by molar-refractivity contribution is -0.134. The Bertz CT molecular complexity index is 432. The van der Waals surface area contributed by atoms with Crippen LogP contribution < -0.4 is 5.32 Å². The van der Waals surface area contributed by atoms with Crippen molar-refractivity contribution in [2.24, 2.45) is 17.3 Å². The molecule has 1 N–H and O–H groups in total. The molecule has 1 amide bonds. The van der Waals surface area contributed by atoms with Gasteiger partial charge in [-0.25, -0.2) is 0 Å². The first-order chi connectivity index (χ1) is 10.0. The topological polar surface area (TPSA) is 32.3 Å². The first-order valence-electron chi connectivity index (χ1n) is 9.11. The van der Waals surface area contributed by atoms with E-state index in [4.69, 9.17) is 0 Å². The van der Waals surface area contributed by atoms with E-state index in [0.717, 1.165) is 25.3 Å². The molecule has 3 heteroatoms. The molecule has 118 valence electrons. The summed E-state index contributed by atoms with van der Waals surface area (Å²) in [5, 5.41) is 3.84. The van der Waals surface area contributed by atoms with Crippen molar-refractivity contribution < 1.29 is 4.79 Å². The maximum atomic E-state index is 13.1. The van der Waals surface area contributed by atoms with Gasteiger partial charge in [-0.05, 0) is 49.4 Å². The van der Waals surface area contributed by atoms with Crippen LogP contribution in [-0.4, -0.2) is 29.1 Å².